The van der Waals surface area contributed by atoms with Crippen molar-refractivity contribution in [2.75, 3.05) is 11.4 Å². The minimum Gasteiger partial charge on any atom is -0.353 e. The first kappa shape index (κ1) is 9.71. The highest BCUT2D eigenvalue weighted by atomic mass is 35.5. The fraction of sp³-hybridized carbons (Fsp3) is 0.500. The van der Waals surface area contributed by atoms with Crippen molar-refractivity contribution in [1.82, 2.24) is 15.0 Å². The fourth-order valence-corrected chi connectivity index (χ4v) is 3.47. The Morgan fingerprint density at radius 3 is 3.06 bits per heavy atom. The summed E-state index contributed by atoms with van der Waals surface area (Å²) in [6.45, 7) is 1.12. The molecule has 88 valence electrons. The van der Waals surface area contributed by atoms with Gasteiger partial charge >= 0.3 is 0 Å². The summed E-state index contributed by atoms with van der Waals surface area (Å²) in [5.41, 5.74) is 0.836. The van der Waals surface area contributed by atoms with Crippen LogP contribution in [0.4, 0.5) is 5.82 Å². The number of rotatable bonds is 1. The van der Waals surface area contributed by atoms with Crippen LogP contribution in [0.5, 0.6) is 0 Å². The second-order valence-corrected chi connectivity index (χ2v) is 5.38. The first-order valence-electron chi connectivity index (χ1n) is 6.08. The molecule has 0 radical (unpaired) electrons. The van der Waals surface area contributed by atoms with Gasteiger partial charge in [0, 0.05) is 18.8 Å². The van der Waals surface area contributed by atoms with E-state index in [-0.39, 0.29) is 0 Å². The molecule has 5 heteroatoms. The average Bonchev–Trinajstić information content (AvgIpc) is 3.02. The lowest BCUT2D eigenvalue weighted by Crippen LogP contribution is -2.32. The van der Waals surface area contributed by atoms with E-state index < -0.39 is 0 Å². The normalized spacial score (nSPS) is 27.2. The van der Waals surface area contributed by atoms with Crippen molar-refractivity contribution in [1.29, 1.82) is 0 Å². The summed E-state index contributed by atoms with van der Waals surface area (Å²) in [7, 11) is 0. The maximum atomic E-state index is 5.99. The smallest absolute Gasteiger partial charge is 0.226 e. The van der Waals surface area contributed by atoms with E-state index in [1.54, 1.807) is 0 Å². The van der Waals surface area contributed by atoms with Gasteiger partial charge in [0.25, 0.3) is 0 Å². The van der Waals surface area contributed by atoms with E-state index in [1.807, 2.05) is 12.3 Å². The van der Waals surface area contributed by atoms with E-state index in [9.17, 15) is 0 Å². The van der Waals surface area contributed by atoms with E-state index >= 15 is 0 Å². The summed E-state index contributed by atoms with van der Waals surface area (Å²) in [6.07, 6.45) is 5.87. The highest BCUT2D eigenvalue weighted by Gasteiger charge is 2.39. The monoisotopic (exact) mass is 248 g/mol. The quantitative estimate of drug-likeness (QED) is 0.789. The van der Waals surface area contributed by atoms with Gasteiger partial charge in [-0.3, -0.25) is 0 Å². The Hall–Kier alpha value is -1.29. The average molecular weight is 249 g/mol. The Morgan fingerprint density at radius 2 is 2.29 bits per heavy atom. The highest BCUT2D eigenvalue weighted by molar-refractivity contribution is 6.28. The molecule has 2 aliphatic rings. The zero-order valence-corrected chi connectivity index (χ0v) is 10.1. The maximum absolute atomic E-state index is 5.99. The number of halogens is 1. The topological polar surface area (TPSA) is 44.8 Å². The van der Waals surface area contributed by atoms with Crippen molar-refractivity contribution in [2.45, 2.75) is 25.3 Å². The third-order valence-corrected chi connectivity index (χ3v) is 4.22. The van der Waals surface area contributed by atoms with Gasteiger partial charge in [-0.05, 0) is 42.8 Å². The number of hydrogen-bond donors (Lipinski definition) is 1. The van der Waals surface area contributed by atoms with Crippen molar-refractivity contribution >= 4 is 28.5 Å². The predicted molar refractivity (Wildman–Crippen MR) is 67.4 cm³/mol. The standard InChI is InChI=1S/C12H13ClN4/c13-12-15-10-9(3-4-14-10)11(16-12)17-6-7-1-2-8(17)5-7/h3-4,7-8H,1-2,5-6H2,(H,14,15,16). The minimum atomic E-state index is 0.331. The van der Waals surface area contributed by atoms with E-state index in [2.05, 4.69) is 19.9 Å². The van der Waals surface area contributed by atoms with E-state index in [0.29, 0.717) is 11.3 Å². The van der Waals surface area contributed by atoms with Crippen LogP contribution in [-0.4, -0.2) is 27.5 Å². The van der Waals surface area contributed by atoms with Crippen molar-refractivity contribution in [3.05, 3.63) is 17.5 Å². The van der Waals surface area contributed by atoms with Crippen LogP contribution in [0.2, 0.25) is 5.28 Å². The predicted octanol–water partition coefficient (Wildman–Crippen LogP) is 2.60. The summed E-state index contributed by atoms with van der Waals surface area (Å²) in [5, 5.41) is 1.42. The summed E-state index contributed by atoms with van der Waals surface area (Å²) in [5.74, 6) is 1.86. The third kappa shape index (κ3) is 1.37. The van der Waals surface area contributed by atoms with Gasteiger partial charge in [0.05, 0.1) is 5.39 Å². The van der Waals surface area contributed by atoms with Gasteiger partial charge in [-0.25, -0.2) is 0 Å². The first-order valence-corrected chi connectivity index (χ1v) is 6.46. The maximum Gasteiger partial charge on any atom is 0.226 e. The summed E-state index contributed by atoms with van der Waals surface area (Å²) in [4.78, 5) is 14.2. The molecule has 1 aliphatic heterocycles. The minimum absolute atomic E-state index is 0.331. The van der Waals surface area contributed by atoms with Crippen molar-refractivity contribution in [3.8, 4) is 0 Å². The molecule has 1 saturated carbocycles. The Labute approximate surface area is 104 Å². The summed E-state index contributed by atoms with van der Waals surface area (Å²) < 4.78 is 0. The van der Waals surface area contributed by atoms with Crippen LogP contribution in [-0.2, 0) is 0 Å². The van der Waals surface area contributed by atoms with E-state index in [1.165, 1.54) is 19.3 Å². The number of anilines is 1. The lowest BCUT2D eigenvalue weighted by Gasteiger charge is -2.28. The molecule has 2 fully saturated rings. The molecule has 1 aliphatic carbocycles. The lowest BCUT2D eigenvalue weighted by atomic mass is 10.1. The van der Waals surface area contributed by atoms with Crippen LogP contribution in [0.3, 0.4) is 0 Å². The van der Waals surface area contributed by atoms with Gasteiger partial charge in [0.1, 0.15) is 11.5 Å². The van der Waals surface area contributed by atoms with Crippen LogP contribution in [0.15, 0.2) is 12.3 Å². The number of aromatic amines is 1. The van der Waals surface area contributed by atoms with Crippen molar-refractivity contribution in [3.63, 3.8) is 0 Å². The number of hydrogen-bond acceptors (Lipinski definition) is 3. The second kappa shape index (κ2) is 3.35. The van der Waals surface area contributed by atoms with Gasteiger partial charge in [-0.15, -0.1) is 0 Å². The Morgan fingerprint density at radius 1 is 1.35 bits per heavy atom. The molecule has 3 heterocycles. The molecule has 4 nitrogen and oxygen atoms in total. The molecule has 1 N–H and O–H groups in total. The van der Waals surface area contributed by atoms with Crippen LogP contribution in [0.1, 0.15) is 19.3 Å². The fourth-order valence-electron chi connectivity index (χ4n) is 3.30. The zero-order valence-electron chi connectivity index (χ0n) is 9.36. The molecule has 1 saturated heterocycles. The number of aromatic nitrogens is 3. The SMILES string of the molecule is Clc1nc(N2CC3CCC2C3)c2cc[nH]c2n1. The molecule has 0 amide bonds. The molecular formula is C12H13ClN4. The first-order chi connectivity index (χ1) is 8.31. The van der Waals surface area contributed by atoms with Gasteiger partial charge in [-0.1, -0.05) is 0 Å². The molecule has 0 aromatic carbocycles. The van der Waals surface area contributed by atoms with Crippen LogP contribution < -0.4 is 4.90 Å². The van der Waals surface area contributed by atoms with Crippen LogP contribution >= 0.6 is 11.6 Å². The van der Waals surface area contributed by atoms with E-state index in [0.717, 1.165) is 29.3 Å². The molecule has 2 aromatic heterocycles. The number of nitrogens with zero attached hydrogens (tertiary/aromatic N) is 3. The number of fused-ring (bicyclic) bond motifs is 3. The summed E-state index contributed by atoms with van der Waals surface area (Å²) >= 11 is 5.99. The third-order valence-electron chi connectivity index (χ3n) is 4.05. The number of H-pyrrole nitrogens is 1. The molecule has 17 heavy (non-hydrogen) atoms. The van der Waals surface area contributed by atoms with E-state index in [4.69, 9.17) is 11.6 Å². The van der Waals surface area contributed by atoms with Gasteiger partial charge < -0.3 is 9.88 Å². The van der Waals surface area contributed by atoms with Gasteiger partial charge in [0.15, 0.2) is 0 Å². The highest BCUT2D eigenvalue weighted by Crippen LogP contribution is 2.41. The Balaban J connectivity index is 1.87. The van der Waals surface area contributed by atoms with Crippen molar-refractivity contribution in [2.24, 2.45) is 5.92 Å². The van der Waals surface area contributed by atoms with Crippen LogP contribution in [0.25, 0.3) is 11.0 Å². The van der Waals surface area contributed by atoms with Gasteiger partial charge in [0.2, 0.25) is 5.28 Å². The molecule has 2 bridgehead atoms. The Kier molecular flexibility index (Phi) is 1.92. The molecular weight excluding hydrogens is 236 g/mol. The van der Waals surface area contributed by atoms with Crippen LogP contribution in [0, 0.1) is 5.92 Å². The molecule has 4 rings (SSSR count). The Bertz CT molecular complexity index is 579. The lowest BCUT2D eigenvalue weighted by molar-refractivity contribution is 0.551. The number of nitrogens with one attached hydrogen (secondary N) is 1. The molecule has 0 spiro atoms. The van der Waals surface area contributed by atoms with Crippen molar-refractivity contribution < 1.29 is 0 Å². The summed E-state index contributed by atoms with van der Waals surface area (Å²) in [6, 6.07) is 2.69. The molecule has 2 unspecified atom stereocenters. The zero-order chi connectivity index (χ0) is 11.4. The number of piperidine rings is 1. The molecule has 2 atom stereocenters. The van der Waals surface area contributed by atoms with Gasteiger partial charge in [-0.2, -0.15) is 9.97 Å². The second-order valence-electron chi connectivity index (χ2n) is 5.04. The molecule has 2 aromatic rings. The largest absolute Gasteiger partial charge is 0.353 e.